The van der Waals surface area contributed by atoms with Gasteiger partial charge in [0.1, 0.15) is 0 Å². The van der Waals surface area contributed by atoms with Crippen LogP contribution in [0, 0.1) is 13.8 Å². The number of rotatable bonds is 2. The Bertz CT molecular complexity index is 555. The average molecular weight is 222 g/mol. The van der Waals surface area contributed by atoms with Crippen molar-refractivity contribution < 1.29 is 8.78 Å². The molecule has 1 heterocycles. The number of alkyl halides is 2. The number of fused-ring (bicyclic) bond motifs is 1. The van der Waals surface area contributed by atoms with E-state index in [4.69, 9.17) is 0 Å². The predicted octanol–water partition coefficient (Wildman–Crippen LogP) is 3.46. The van der Waals surface area contributed by atoms with E-state index < -0.39 is 5.92 Å². The lowest BCUT2D eigenvalue weighted by molar-refractivity contribution is 0.0526. The van der Waals surface area contributed by atoms with Crippen molar-refractivity contribution in [2.45, 2.75) is 19.8 Å². The molecule has 2 aromatic rings. The molecule has 0 saturated carbocycles. The smallest absolute Gasteiger partial charge is 0.282 e. The minimum atomic E-state index is -3.00. The monoisotopic (exact) mass is 222 g/mol. The molecule has 4 heteroatoms. The lowest BCUT2D eigenvalue weighted by atomic mass is 10.0. The summed E-state index contributed by atoms with van der Waals surface area (Å²) in [6, 6.07) is 2.91. The van der Waals surface area contributed by atoms with Crippen molar-refractivity contribution in [2.75, 3.05) is 0 Å². The van der Waals surface area contributed by atoms with Gasteiger partial charge in [-0.25, -0.2) is 0 Å². The predicted molar refractivity (Wildman–Crippen MR) is 59.7 cm³/mol. The molecule has 0 amide bonds. The normalized spacial score (nSPS) is 12.0. The van der Waals surface area contributed by atoms with Crippen molar-refractivity contribution in [1.29, 1.82) is 0 Å². The van der Waals surface area contributed by atoms with Crippen LogP contribution in [0.2, 0.25) is 0 Å². The van der Waals surface area contributed by atoms with Gasteiger partial charge in [0, 0.05) is 16.6 Å². The van der Waals surface area contributed by atoms with Gasteiger partial charge in [0.2, 0.25) is 0 Å². The fourth-order valence-corrected chi connectivity index (χ4v) is 1.72. The second kappa shape index (κ2) is 3.40. The fourth-order valence-electron chi connectivity index (χ4n) is 1.72. The third-order valence-corrected chi connectivity index (χ3v) is 2.68. The van der Waals surface area contributed by atoms with Gasteiger partial charge in [-0.1, -0.05) is 6.58 Å². The molecule has 1 aromatic heterocycles. The largest absolute Gasteiger partial charge is 0.291 e. The number of aromatic nitrogens is 2. The summed E-state index contributed by atoms with van der Waals surface area (Å²) in [6.07, 6.45) is 0.656. The summed E-state index contributed by atoms with van der Waals surface area (Å²) < 4.78 is 27.0. The molecule has 2 nitrogen and oxygen atoms in total. The van der Waals surface area contributed by atoms with Gasteiger partial charge in [-0.05, 0) is 37.6 Å². The van der Waals surface area contributed by atoms with Crippen LogP contribution >= 0.6 is 0 Å². The maximum Gasteiger partial charge on any atom is 0.291 e. The average Bonchev–Trinajstić information content (AvgIpc) is 2.61. The second-order valence-electron chi connectivity index (χ2n) is 3.87. The highest BCUT2D eigenvalue weighted by Crippen LogP contribution is 2.33. The molecule has 0 aliphatic carbocycles. The minimum Gasteiger partial charge on any atom is -0.282 e. The van der Waals surface area contributed by atoms with E-state index in [0.29, 0.717) is 6.08 Å². The Morgan fingerprint density at radius 1 is 1.38 bits per heavy atom. The molecule has 1 aromatic carbocycles. The first kappa shape index (κ1) is 10.8. The number of nitrogens with zero attached hydrogens (tertiary/aromatic N) is 1. The summed E-state index contributed by atoms with van der Waals surface area (Å²) in [4.78, 5) is 0. The number of hydrogen-bond donors (Lipinski definition) is 1. The van der Waals surface area contributed by atoms with E-state index in [1.807, 2.05) is 6.92 Å². The highest BCUT2D eigenvalue weighted by Gasteiger charge is 2.28. The maximum absolute atomic E-state index is 13.5. The summed E-state index contributed by atoms with van der Waals surface area (Å²) >= 11 is 0. The summed E-state index contributed by atoms with van der Waals surface area (Å²) in [5.41, 5.74) is 2.22. The highest BCUT2D eigenvalue weighted by molar-refractivity contribution is 5.85. The van der Waals surface area contributed by atoms with E-state index in [1.165, 1.54) is 12.1 Å². The zero-order valence-corrected chi connectivity index (χ0v) is 9.14. The van der Waals surface area contributed by atoms with Crippen LogP contribution in [0.25, 0.3) is 10.9 Å². The maximum atomic E-state index is 13.5. The van der Waals surface area contributed by atoms with E-state index in [0.717, 1.165) is 22.2 Å². The molecule has 0 spiro atoms. The van der Waals surface area contributed by atoms with Gasteiger partial charge in [0.25, 0.3) is 5.92 Å². The second-order valence-corrected chi connectivity index (χ2v) is 3.87. The molecule has 0 saturated heterocycles. The lowest BCUT2D eigenvalue weighted by Crippen LogP contribution is -2.09. The van der Waals surface area contributed by atoms with Crippen LogP contribution in [0.4, 0.5) is 8.78 Å². The molecule has 0 aliphatic heterocycles. The van der Waals surface area contributed by atoms with Crippen molar-refractivity contribution in [3.63, 3.8) is 0 Å². The first-order valence-corrected chi connectivity index (χ1v) is 4.93. The first-order chi connectivity index (χ1) is 7.45. The molecule has 0 aliphatic rings. The zero-order chi connectivity index (χ0) is 11.9. The third kappa shape index (κ3) is 1.50. The van der Waals surface area contributed by atoms with Gasteiger partial charge in [0.05, 0.1) is 5.52 Å². The minimum absolute atomic E-state index is 0.0444. The molecular weight excluding hydrogens is 210 g/mol. The number of benzene rings is 1. The van der Waals surface area contributed by atoms with Gasteiger partial charge >= 0.3 is 0 Å². The Labute approximate surface area is 92.0 Å². The fraction of sp³-hybridized carbons (Fsp3) is 0.250. The number of hydrogen-bond acceptors (Lipinski definition) is 1. The number of H-pyrrole nitrogens is 1. The van der Waals surface area contributed by atoms with Crippen LogP contribution < -0.4 is 0 Å². The Kier molecular flexibility index (Phi) is 2.30. The SMILES string of the molecule is C=CC(F)(F)c1cc(C)c2n[nH]c(C)c2c1. The first-order valence-electron chi connectivity index (χ1n) is 4.93. The van der Waals surface area contributed by atoms with Gasteiger partial charge < -0.3 is 0 Å². The highest BCUT2D eigenvalue weighted by atomic mass is 19.3. The molecule has 0 radical (unpaired) electrons. The summed E-state index contributed by atoms with van der Waals surface area (Å²) in [6.45, 7) is 6.73. The standard InChI is InChI=1S/C12H12F2N2/c1-4-12(13,14)9-5-7(2)11-10(6-9)8(3)15-16-11/h4-6H,1H2,2-3H3,(H,15,16). The Morgan fingerprint density at radius 3 is 2.69 bits per heavy atom. The van der Waals surface area contributed by atoms with Crippen LogP contribution in [0.15, 0.2) is 24.8 Å². The van der Waals surface area contributed by atoms with Gasteiger partial charge in [-0.2, -0.15) is 13.9 Å². The summed E-state index contributed by atoms with van der Waals surface area (Å²) in [5.74, 6) is -3.00. The molecule has 0 atom stereocenters. The molecule has 0 bridgehead atoms. The van der Waals surface area contributed by atoms with Gasteiger partial charge in [0.15, 0.2) is 0 Å². The Balaban J connectivity index is 2.74. The molecule has 84 valence electrons. The number of aromatic amines is 1. The van der Waals surface area contributed by atoms with Crippen LogP contribution in [-0.4, -0.2) is 10.2 Å². The number of halogens is 2. The van der Waals surface area contributed by atoms with Gasteiger partial charge in [-0.15, -0.1) is 0 Å². The number of aryl methyl sites for hydroxylation is 2. The van der Waals surface area contributed by atoms with Crippen molar-refractivity contribution >= 4 is 10.9 Å². The third-order valence-electron chi connectivity index (χ3n) is 2.68. The van der Waals surface area contributed by atoms with Gasteiger partial charge in [-0.3, -0.25) is 5.10 Å². The molecular formula is C12H12F2N2. The molecule has 0 unspecified atom stereocenters. The van der Waals surface area contributed by atoms with E-state index in [9.17, 15) is 8.78 Å². The van der Waals surface area contributed by atoms with Crippen LogP contribution in [0.5, 0.6) is 0 Å². The van der Waals surface area contributed by atoms with Crippen molar-refractivity contribution in [3.05, 3.63) is 41.6 Å². The van der Waals surface area contributed by atoms with Crippen molar-refractivity contribution in [2.24, 2.45) is 0 Å². The summed E-state index contributed by atoms with van der Waals surface area (Å²) in [7, 11) is 0. The van der Waals surface area contributed by atoms with Crippen molar-refractivity contribution in [3.8, 4) is 0 Å². The molecule has 1 N–H and O–H groups in total. The Morgan fingerprint density at radius 2 is 2.06 bits per heavy atom. The molecule has 16 heavy (non-hydrogen) atoms. The molecule has 0 fully saturated rings. The number of allylic oxidation sites excluding steroid dienone is 1. The van der Waals surface area contributed by atoms with Crippen LogP contribution in [0.1, 0.15) is 16.8 Å². The summed E-state index contributed by atoms with van der Waals surface area (Å²) in [5, 5.41) is 7.60. The van der Waals surface area contributed by atoms with E-state index >= 15 is 0 Å². The van der Waals surface area contributed by atoms with Crippen molar-refractivity contribution in [1.82, 2.24) is 10.2 Å². The molecule has 2 rings (SSSR count). The van der Waals surface area contributed by atoms with E-state index in [2.05, 4.69) is 16.8 Å². The quantitative estimate of drug-likeness (QED) is 0.774. The Hall–Kier alpha value is -1.71. The van der Waals surface area contributed by atoms with E-state index in [1.54, 1.807) is 6.92 Å². The lowest BCUT2D eigenvalue weighted by Gasteiger charge is -2.12. The van der Waals surface area contributed by atoms with Crippen LogP contribution in [0.3, 0.4) is 0 Å². The van der Waals surface area contributed by atoms with E-state index in [-0.39, 0.29) is 5.56 Å². The number of nitrogens with one attached hydrogen (secondary N) is 1. The van der Waals surface area contributed by atoms with Crippen LogP contribution in [-0.2, 0) is 5.92 Å². The topological polar surface area (TPSA) is 28.7 Å². The zero-order valence-electron chi connectivity index (χ0n) is 9.14.